The van der Waals surface area contributed by atoms with E-state index in [1.165, 1.54) is 86.9 Å². The number of halogens is 2. The Balaban J connectivity index is 0. The van der Waals surface area contributed by atoms with Crippen molar-refractivity contribution in [1.29, 1.82) is 0 Å². The number of aliphatic hydroxyl groups excluding tert-OH is 4. The maximum Gasteiger partial charge on any atom is 2.00 e. The molecule has 4 rings (SSSR count). The molecule has 0 amide bonds. The van der Waals surface area contributed by atoms with Crippen LogP contribution in [0.4, 0.5) is 20.7 Å². The summed E-state index contributed by atoms with van der Waals surface area (Å²) < 4.78 is 77.2. The first-order chi connectivity index (χ1) is 32.8. The second-order valence-corrected chi connectivity index (χ2v) is 21.4. The molecule has 0 saturated heterocycles. The number of carboxylic acid groups (broad SMARTS) is 2. The van der Waals surface area contributed by atoms with Crippen LogP contribution in [-0.4, -0.2) is 174 Å². The van der Waals surface area contributed by atoms with Gasteiger partial charge >= 0.3 is 49.7 Å². The minimum Gasteiger partial charge on any atom is -1.00 e. The van der Waals surface area contributed by atoms with E-state index in [9.17, 15) is 55.6 Å². The van der Waals surface area contributed by atoms with Gasteiger partial charge in [0.1, 0.15) is 11.6 Å². The van der Waals surface area contributed by atoms with Gasteiger partial charge in [-0.2, -0.15) is 0 Å². The average molecular weight is 1080 g/mol. The molecule has 0 radical (unpaired) electrons. The molecule has 5 atom stereocenters. The molecule has 2 aromatic heterocycles. The summed E-state index contributed by atoms with van der Waals surface area (Å²) in [6.07, 6.45) is 2.80. The van der Waals surface area contributed by atoms with Crippen molar-refractivity contribution >= 4 is 93.8 Å². The van der Waals surface area contributed by atoms with Crippen LogP contribution in [0.15, 0.2) is 60.7 Å². The Kier molecular flexibility index (Phi) is 27.2. The number of nitrogens with zero attached hydrogens (tertiary/aromatic N) is 6. The standard InChI is InChI=1S/2C22H28FN3O6S.C4H11N.Ca.2H/c2*1-13(2)20-18(10-9-16(27)11-17(28)12-19(29)30)21(14-5-7-15(23)8-6-14)25-22(24-20)26(3)33(4,31)32;1-3-4(2)5;;;/h2*5-10,13,16-17,27-28H,11-12H2,1-4H3,(H,29,30);4H,3,5H2,1-2H3;;;/q;;;+2;2*-1/t2*16-,17-;;;;/m11..../s1. The number of aliphatic carboxylic acids is 2. The van der Waals surface area contributed by atoms with Crippen LogP contribution in [0.3, 0.4) is 0 Å². The normalized spacial score (nSPS) is 13.8. The number of sulfonamides is 2. The van der Waals surface area contributed by atoms with Crippen molar-refractivity contribution < 1.29 is 68.7 Å². The van der Waals surface area contributed by atoms with E-state index in [1.54, 1.807) is 0 Å². The molecule has 0 saturated carbocycles. The minimum absolute atomic E-state index is 0. The SMILES string of the molecule is CC(C)c1nc(N(C)S(C)(=O)=O)nc(-c2ccc(F)cc2)c1C=C[C@@H](O)C[C@@H](O)CC(=O)O.CC(C)c1nc(N(C)S(C)(=O)=O)nc(-c2ccc(F)cc2)c1C=C[C@@H](O)C[C@@H](O)CC(=O)O.CCC(C)N.[Ca+2].[H-].[H-]. The molecule has 24 heteroatoms. The number of aromatic nitrogens is 4. The maximum atomic E-state index is 13.5. The molecule has 1 unspecified atom stereocenters. The van der Waals surface area contributed by atoms with Crippen LogP contribution in [0.5, 0.6) is 0 Å². The molecule has 0 spiro atoms. The van der Waals surface area contributed by atoms with Gasteiger partial charge in [0.2, 0.25) is 31.9 Å². The molecule has 0 aliphatic carbocycles. The van der Waals surface area contributed by atoms with Crippen molar-refractivity contribution in [3.63, 3.8) is 0 Å². The van der Waals surface area contributed by atoms with E-state index in [-0.39, 0.29) is 77.2 Å². The zero-order valence-electron chi connectivity index (χ0n) is 44.2. The summed E-state index contributed by atoms with van der Waals surface area (Å²) in [6, 6.07) is 11.4. The predicted molar refractivity (Wildman–Crippen MR) is 277 cm³/mol. The Hall–Kier alpha value is -4.56. The number of rotatable bonds is 21. The minimum atomic E-state index is -3.65. The fraction of sp³-hybridized carbons (Fsp3) is 0.458. The molecule has 72 heavy (non-hydrogen) atoms. The van der Waals surface area contributed by atoms with Crippen molar-refractivity contribution in [2.24, 2.45) is 5.73 Å². The van der Waals surface area contributed by atoms with Crippen molar-refractivity contribution in [3.8, 4) is 22.5 Å². The zero-order chi connectivity index (χ0) is 54.1. The quantitative estimate of drug-likeness (QED) is 0.0514. The van der Waals surface area contributed by atoms with Gasteiger partial charge in [-0.1, -0.05) is 58.9 Å². The van der Waals surface area contributed by atoms with Crippen molar-refractivity contribution in [2.45, 2.75) is 116 Å². The molecule has 4 aromatic rings. The van der Waals surface area contributed by atoms with E-state index in [1.807, 2.05) is 34.6 Å². The van der Waals surface area contributed by atoms with E-state index in [2.05, 4.69) is 26.9 Å². The fourth-order valence-electron chi connectivity index (χ4n) is 6.09. The number of hydrogen-bond donors (Lipinski definition) is 7. The first-order valence-electron chi connectivity index (χ1n) is 22.4. The average Bonchev–Trinajstić information content (AvgIpc) is 3.26. The molecule has 2 heterocycles. The Labute approximate surface area is 453 Å². The zero-order valence-corrected chi connectivity index (χ0v) is 46.0. The third-order valence-electron chi connectivity index (χ3n) is 10.3. The van der Waals surface area contributed by atoms with E-state index in [0.717, 1.165) is 27.5 Å². The predicted octanol–water partition coefficient (Wildman–Crippen LogP) is 5.39. The summed E-state index contributed by atoms with van der Waals surface area (Å²) in [5.41, 5.74) is 8.90. The van der Waals surface area contributed by atoms with Gasteiger partial charge in [0.15, 0.2) is 0 Å². The number of carbonyl (C=O) groups is 2. The molecule has 19 nitrogen and oxygen atoms in total. The summed E-state index contributed by atoms with van der Waals surface area (Å²) in [4.78, 5) is 39.1. The van der Waals surface area contributed by atoms with Crippen molar-refractivity contribution in [1.82, 2.24) is 19.9 Å². The number of carboxylic acids is 2. The molecule has 0 aliphatic heterocycles. The van der Waals surface area contributed by atoms with E-state index in [4.69, 9.17) is 15.9 Å². The van der Waals surface area contributed by atoms with Gasteiger partial charge in [0.25, 0.3) is 0 Å². The van der Waals surface area contributed by atoms with Crippen LogP contribution >= 0.6 is 0 Å². The summed E-state index contributed by atoms with van der Waals surface area (Å²) in [5.74, 6) is -3.74. The molecule has 396 valence electrons. The number of aliphatic hydroxyl groups is 4. The second-order valence-electron chi connectivity index (χ2n) is 17.3. The largest absolute Gasteiger partial charge is 2.00 e. The molecule has 0 bridgehead atoms. The van der Waals surface area contributed by atoms with E-state index in [0.29, 0.717) is 51.1 Å². The first kappa shape index (κ1) is 65.5. The van der Waals surface area contributed by atoms with Crippen LogP contribution in [0, 0.1) is 11.6 Å². The van der Waals surface area contributed by atoms with Gasteiger partial charge in [-0.05, 0) is 73.7 Å². The third kappa shape index (κ3) is 21.9. The molecular weight excluding hydrogens is 1010 g/mol. The Morgan fingerprint density at radius 2 is 0.931 bits per heavy atom. The maximum absolute atomic E-state index is 13.5. The van der Waals surface area contributed by atoms with Crippen LogP contribution < -0.4 is 14.3 Å². The Morgan fingerprint density at radius 1 is 0.639 bits per heavy atom. The Morgan fingerprint density at radius 3 is 1.17 bits per heavy atom. The van der Waals surface area contributed by atoms with Gasteiger partial charge in [-0.25, -0.2) is 54.2 Å². The van der Waals surface area contributed by atoms with Gasteiger partial charge in [0, 0.05) is 55.2 Å². The monoisotopic (exact) mass is 1080 g/mol. The Bertz CT molecular complexity index is 2510. The summed E-state index contributed by atoms with van der Waals surface area (Å²) in [6.45, 7) is 11.5. The van der Waals surface area contributed by atoms with Gasteiger partial charge in [0.05, 0.1) is 72.5 Å². The van der Waals surface area contributed by atoms with Gasteiger partial charge in [-0.15, -0.1) is 0 Å². The molecular formula is C48H69CaF2N7O12S2. The van der Waals surface area contributed by atoms with E-state index >= 15 is 0 Å². The summed E-state index contributed by atoms with van der Waals surface area (Å²) in [5, 5.41) is 57.6. The molecule has 0 aliphatic rings. The summed E-state index contributed by atoms with van der Waals surface area (Å²) >= 11 is 0. The number of anilines is 2. The number of benzene rings is 2. The van der Waals surface area contributed by atoms with Crippen LogP contribution in [0.25, 0.3) is 34.7 Å². The molecule has 0 fully saturated rings. The fourth-order valence-corrected chi connectivity index (χ4v) is 6.85. The smallest absolute Gasteiger partial charge is 1.00 e. The topological polar surface area (TPSA) is 308 Å². The summed E-state index contributed by atoms with van der Waals surface area (Å²) in [7, 11) is -4.65. The first-order valence-corrected chi connectivity index (χ1v) is 26.1. The van der Waals surface area contributed by atoms with Crippen molar-refractivity contribution in [3.05, 3.63) is 94.8 Å². The third-order valence-corrected chi connectivity index (χ3v) is 12.6. The second kappa shape index (κ2) is 30.0. The van der Waals surface area contributed by atoms with Crippen LogP contribution in [-0.2, 0) is 29.6 Å². The number of hydrogen-bond acceptors (Lipinski definition) is 15. The molecule has 8 N–H and O–H groups in total. The molecule has 2 aromatic carbocycles. The van der Waals surface area contributed by atoms with Crippen LogP contribution in [0.2, 0.25) is 0 Å². The number of nitrogens with two attached hydrogens (primary N) is 1. The van der Waals surface area contributed by atoms with E-state index < -0.39 is 80.9 Å². The van der Waals surface area contributed by atoms with Crippen LogP contribution in [0.1, 0.15) is 111 Å². The van der Waals surface area contributed by atoms with Gasteiger partial charge < -0.3 is 39.2 Å². The van der Waals surface area contributed by atoms with Gasteiger partial charge in [-0.3, -0.25) is 9.59 Å². The van der Waals surface area contributed by atoms with Crippen molar-refractivity contribution in [2.75, 3.05) is 35.2 Å².